The Labute approximate surface area is 405 Å². The molecule has 7 nitrogen and oxygen atoms in total. The number of aliphatic hydroxyl groups is 1. The van der Waals surface area contributed by atoms with E-state index < -0.39 is 6.29 Å². The average Bonchev–Trinajstić information content (AvgIpc) is 3.84. The fourth-order valence-corrected chi connectivity index (χ4v) is 10.2. The molecule has 0 aromatic rings. The number of amides is 1. The molecule has 0 aliphatic carbocycles. The highest BCUT2D eigenvalue weighted by atomic mass is 16.6. The van der Waals surface area contributed by atoms with Crippen LogP contribution >= 0.6 is 0 Å². The number of aliphatic hydroxyl groups excluding tert-OH is 1. The first-order valence-corrected chi connectivity index (χ1v) is 29.3. The normalized spacial score (nSPS) is 15.0. The molecule has 0 aromatic heterocycles. The van der Waals surface area contributed by atoms with E-state index in [1.54, 1.807) is 0 Å². The maximum absolute atomic E-state index is 14.0. The molecule has 65 heavy (non-hydrogen) atoms. The van der Waals surface area contributed by atoms with Gasteiger partial charge < -0.3 is 24.4 Å². The van der Waals surface area contributed by atoms with Crippen molar-refractivity contribution < 1.29 is 24.2 Å². The Morgan fingerprint density at radius 2 is 0.892 bits per heavy atom. The fraction of sp³-hybridized carbons (Fsp3) is 0.966. The van der Waals surface area contributed by atoms with Crippen molar-refractivity contribution >= 4 is 11.9 Å². The van der Waals surface area contributed by atoms with E-state index in [9.17, 15) is 14.7 Å². The lowest BCUT2D eigenvalue weighted by molar-refractivity contribution is -0.145. The first-order valence-electron chi connectivity index (χ1n) is 29.3. The first kappa shape index (κ1) is 61.8. The van der Waals surface area contributed by atoms with E-state index in [2.05, 4.69) is 44.4 Å². The average molecular weight is 920 g/mol. The minimum Gasteiger partial charge on any atom is -0.465 e. The minimum absolute atomic E-state index is 0.000940. The van der Waals surface area contributed by atoms with Gasteiger partial charge in [-0.3, -0.25) is 9.59 Å². The molecule has 0 saturated carbocycles. The van der Waals surface area contributed by atoms with Crippen molar-refractivity contribution in [3.8, 4) is 0 Å². The zero-order valence-corrected chi connectivity index (χ0v) is 44.5. The summed E-state index contributed by atoms with van der Waals surface area (Å²) in [6.07, 6.45) is 47.2. The van der Waals surface area contributed by atoms with Crippen molar-refractivity contribution in [2.24, 2.45) is 11.8 Å². The summed E-state index contributed by atoms with van der Waals surface area (Å²) in [6.45, 7) is 17.1. The van der Waals surface area contributed by atoms with E-state index in [0.717, 1.165) is 70.9 Å². The van der Waals surface area contributed by atoms with E-state index in [0.29, 0.717) is 49.8 Å². The number of carbonyl (C=O) groups is 2. The zero-order chi connectivity index (χ0) is 47.3. The second-order valence-electron chi connectivity index (χ2n) is 20.9. The molecule has 1 rings (SSSR count). The highest BCUT2D eigenvalue weighted by Gasteiger charge is 2.24. The summed E-state index contributed by atoms with van der Waals surface area (Å²) in [7, 11) is 0. The Bertz CT molecular complexity index is 1020. The molecular weight excluding hydrogens is 805 g/mol. The molecule has 4 atom stereocenters. The summed E-state index contributed by atoms with van der Waals surface area (Å²) >= 11 is 0. The highest BCUT2D eigenvalue weighted by Crippen LogP contribution is 2.24. The Hall–Kier alpha value is -1.18. The van der Waals surface area contributed by atoms with Gasteiger partial charge in [-0.2, -0.15) is 0 Å². The molecule has 1 N–H and O–H groups in total. The van der Waals surface area contributed by atoms with Gasteiger partial charge in [-0.05, 0) is 115 Å². The van der Waals surface area contributed by atoms with E-state index in [1.807, 2.05) is 0 Å². The third-order valence-corrected chi connectivity index (χ3v) is 14.6. The number of esters is 1. The molecule has 1 amide bonds. The quantitative estimate of drug-likeness (QED) is 0.0372. The Balaban J connectivity index is 2.60. The van der Waals surface area contributed by atoms with Gasteiger partial charge in [0.05, 0.1) is 13.2 Å². The number of rotatable bonds is 50. The van der Waals surface area contributed by atoms with E-state index in [4.69, 9.17) is 9.47 Å². The van der Waals surface area contributed by atoms with Crippen LogP contribution in [0.3, 0.4) is 0 Å². The van der Waals surface area contributed by atoms with Crippen molar-refractivity contribution in [3.05, 3.63) is 0 Å². The van der Waals surface area contributed by atoms with Crippen molar-refractivity contribution in [1.82, 2.24) is 9.80 Å². The Morgan fingerprint density at radius 3 is 1.43 bits per heavy atom. The van der Waals surface area contributed by atoms with Gasteiger partial charge in [-0.1, -0.05) is 202 Å². The molecule has 1 saturated heterocycles. The van der Waals surface area contributed by atoms with Crippen LogP contribution in [-0.2, 0) is 19.1 Å². The van der Waals surface area contributed by atoms with Gasteiger partial charge in [0.2, 0.25) is 5.91 Å². The number of hydrogen-bond donors (Lipinski definition) is 1. The van der Waals surface area contributed by atoms with Gasteiger partial charge in [-0.15, -0.1) is 0 Å². The summed E-state index contributed by atoms with van der Waals surface area (Å²) in [6, 6.07) is 0.347. The summed E-state index contributed by atoms with van der Waals surface area (Å²) in [4.78, 5) is 31.6. The van der Waals surface area contributed by atoms with Gasteiger partial charge >= 0.3 is 5.97 Å². The predicted molar refractivity (Wildman–Crippen MR) is 280 cm³/mol. The van der Waals surface area contributed by atoms with Crippen LogP contribution in [0.2, 0.25) is 0 Å². The van der Waals surface area contributed by atoms with Crippen molar-refractivity contribution in [2.45, 2.75) is 310 Å². The number of carbonyl (C=O) groups excluding carboxylic acids is 2. The molecule has 0 spiro atoms. The number of hydrogen-bond acceptors (Lipinski definition) is 6. The zero-order valence-electron chi connectivity index (χ0n) is 44.5. The fourth-order valence-electron chi connectivity index (χ4n) is 10.2. The Kier molecular flexibility index (Phi) is 44.3. The summed E-state index contributed by atoms with van der Waals surface area (Å²) in [5.74, 6) is 1.52. The van der Waals surface area contributed by atoms with Gasteiger partial charge in [0.1, 0.15) is 0 Å². The standard InChI is InChI=1S/C58H114N2O5/c1-6-11-16-23-32-44-56(61)60(50-37-49-59-47-35-36-48-59)55(42-30-24-19-21-26-33-45-57(62)64-51-53(38-14-9-4)40-28-17-12-7-2)43-31-25-20-22-27-34-46-58(63)65-52-54(39-15-10-5)41-29-18-13-8-3/h53-55,57,62H,6-52H2,1-5H3. The summed E-state index contributed by atoms with van der Waals surface area (Å²) < 4.78 is 11.8. The SMILES string of the molecule is CCCCCCCC(=O)N(CCCN1CCCC1)C(CCCCCCCCC(=O)OCC(CCCC)CCCCCC)CCCCCCCCC(O)OCC(CCCC)CCCCCC. The molecule has 386 valence electrons. The predicted octanol–water partition coefficient (Wildman–Crippen LogP) is 16.7. The number of nitrogens with zero attached hydrogens (tertiary/aromatic N) is 2. The van der Waals surface area contributed by atoms with Crippen LogP contribution in [0.1, 0.15) is 298 Å². The lowest BCUT2D eigenvalue weighted by Gasteiger charge is -2.33. The molecule has 0 aromatic carbocycles. The lowest BCUT2D eigenvalue weighted by Crippen LogP contribution is -2.42. The number of ether oxygens (including phenoxy) is 2. The van der Waals surface area contributed by atoms with Crippen molar-refractivity contribution in [2.75, 3.05) is 39.4 Å². The molecule has 7 heteroatoms. The van der Waals surface area contributed by atoms with Crippen molar-refractivity contribution in [3.63, 3.8) is 0 Å². The van der Waals surface area contributed by atoms with Crippen LogP contribution in [0, 0.1) is 11.8 Å². The van der Waals surface area contributed by atoms with Gasteiger partial charge in [0.25, 0.3) is 0 Å². The van der Waals surface area contributed by atoms with E-state index in [-0.39, 0.29) is 5.97 Å². The smallest absolute Gasteiger partial charge is 0.305 e. The van der Waals surface area contributed by atoms with Crippen LogP contribution in [0.25, 0.3) is 0 Å². The topological polar surface area (TPSA) is 79.3 Å². The van der Waals surface area contributed by atoms with Gasteiger partial charge in [0.15, 0.2) is 6.29 Å². The van der Waals surface area contributed by atoms with Crippen LogP contribution in [0.5, 0.6) is 0 Å². The Morgan fingerprint density at radius 1 is 0.477 bits per heavy atom. The third kappa shape index (κ3) is 37.4. The van der Waals surface area contributed by atoms with Crippen LogP contribution in [0.15, 0.2) is 0 Å². The largest absolute Gasteiger partial charge is 0.465 e. The number of unbranched alkanes of at least 4 members (excludes halogenated alkanes) is 22. The monoisotopic (exact) mass is 919 g/mol. The second kappa shape index (κ2) is 46.5. The minimum atomic E-state index is -0.622. The highest BCUT2D eigenvalue weighted by molar-refractivity contribution is 5.76. The molecule has 0 radical (unpaired) electrons. The van der Waals surface area contributed by atoms with Crippen molar-refractivity contribution in [1.29, 1.82) is 0 Å². The van der Waals surface area contributed by atoms with E-state index in [1.165, 1.54) is 206 Å². The molecular formula is C58H114N2O5. The van der Waals surface area contributed by atoms with Crippen LogP contribution in [-0.4, -0.2) is 78.5 Å². The second-order valence-corrected chi connectivity index (χ2v) is 20.9. The van der Waals surface area contributed by atoms with Gasteiger partial charge in [0, 0.05) is 25.4 Å². The van der Waals surface area contributed by atoms with E-state index >= 15 is 0 Å². The molecule has 1 fully saturated rings. The summed E-state index contributed by atoms with van der Waals surface area (Å²) in [5, 5.41) is 10.6. The molecule has 1 aliphatic rings. The molecule has 0 bridgehead atoms. The first-order chi connectivity index (χ1) is 31.9. The molecule has 1 heterocycles. The maximum Gasteiger partial charge on any atom is 0.305 e. The maximum atomic E-state index is 14.0. The van der Waals surface area contributed by atoms with Crippen LogP contribution in [0.4, 0.5) is 0 Å². The molecule has 4 unspecified atom stereocenters. The third-order valence-electron chi connectivity index (χ3n) is 14.6. The van der Waals surface area contributed by atoms with Crippen LogP contribution < -0.4 is 0 Å². The van der Waals surface area contributed by atoms with Gasteiger partial charge in [-0.25, -0.2) is 0 Å². The molecule has 1 aliphatic heterocycles. The summed E-state index contributed by atoms with van der Waals surface area (Å²) in [5.41, 5.74) is 0. The lowest BCUT2D eigenvalue weighted by atomic mass is 9.96. The number of likely N-dealkylation sites (tertiary alicyclic amines) is 1.